The number of rotatable bonds is 8. The average molecular weight is 269 g/mol. The lowest BCUT2D eigenvalue weighted by atomic mass is 10.1. The summed E-state index contributed by atoms with van der Waals surface area (Å²) in [6, 6.07) is 6.49. The molecule has 0 aliphatic rings. The Morgan fingerprint density at radius 2 is 1.78 bits per heavy atom. The zero-order valence-corrected chi connectivity index (χ0v) is 12.5. The van der Waals surface area contributed by atoms with Crippen molar-refractivity contribution in [1.82, 2.24) is 5.32 Å². The summed E-state index contributed by atoms with van der Waals surface area (Å²) in [6.45, 7) is 3.05. The first kappa shape index (κ1) is 15.2. The van der Waals surface area contributed by atoms with Gasteiger partial charge in [0.25, 0.3) is 0 Å². The minimum atomic E-state index is 0.523. The van der Waals surface area contributed by atoms with Crippen LogP contribution in [0.4, 0.5) is 0 Å². The van der Waals surface area contributed by atoms with Crippen molar-refractivity contribution in [2.75, 3.05) is 26.2 Å². The lowest BCUT2D eigenvalue weighted by Gasteiger charge is -2.14. The van der Waals surface area contributed by atoms with Gasteiger partial charge in [0, 0.05) is 18.7 Å². The SMILES string of the molecule is COc1cc(CNC(C)CCSC)cc(OC)c1. The Labute approximate surface area is 114 Å². The van der Waals surface area contributed by atoms with Crippen LogP contribution < -0.4 is 14.8 Å². The maximum atomic E-state index is 5.26. The van der Waals surface area contributed by atoms with Crippen LogP contribution in [0.5, 0.6) is 11.5 Å². The highest BCUT2D eigenvalue weighted by Gasteiger charge is 2.04. The fourth-order valence-corrected chi connectivity index (χ4v) is 2.25. The molecule has 0 fully saturated rings. The van der Waals surface area contributed by atoms with Crippen LogP contribution in [0, 0.1) is 0 Å². The molecule has 0 spiro atoms. The Balaban J connectivity index is 2.55. The van der Waals surface area contributed by atoms with Crippen molar-refractivity contribution in [2.45, 2.75) is 25.9 Å². The zero-order chi connectivity index (χ0) is 13.4. The van der Waals surface area contributed by atoms with E-state index < -0.39 is 0 Å². The summed E-state index contributed by atoms with van der Waals surface area (Å²) >= 11 is 1.88. The molecule has 1 aromatic carbocycles. The van der Waals surface area contributed by atoms with Crippen molar-refractivity contribution in [3.63, 3.8) is 0 Å². The van der Waals surface area contributed by atoms with Gasteiger partial charge in [-0.1, -0.05) is 0 Å². The summed E-state index contributed by atoms with van der Waals surface area (Å²) in [6.07, 6.45) is 3.32. The molecule has 3 nitrogen and oxygen atoms in total. The third kappa shape index (κ3) is 5.19. The van der Waals surface area contributed by atoms with Crippen LogP contribution in [0.3, 0.4) is 0 Å². The van der Waals surface area contributed by atoms with Gasteiger partial charge in [0.2, 0.25) is 0 Å². The van der Waals surface area contributed by atoms with Gasteiger partial charge in [0.05, 0.1) is 14.2 Å². The van der Waals surface area contributed by atoms with Crippen LogP contribution in [0.1, 0.15) is 18.9 Å². The lowest BCUT2D eigenvalue weighted by Crippen LogP contribution is -2.26. The van der Waals surface area contributed by atoms with Gasteiger partial charge in [-0.2, -0.15) is 11.8 Å². The van der Waals surface area contributed by atoms with Crippen LogP contribution in [0.15, 0.2) is 18.2 Å². The Bertz CT molecular complexity index is 335. The average Bonchev–Trinajstić information content (AvgIpc) is 2.42. The summed E-state index contributed by atoms with van der Waals surface area (Å²) in [5.74, 6) is 2.86. The molecule has 0 aromatic heterocycles. The number of thioether (sulfide) groups is 1. The van der Waals surface area contributed by atoms with Crippen molar-refractivity contribution in [3.05, 3.63) is 23.8 Å². The molecule has 18 heavy (non-hydrogen) atoms. The first-order valence-corrected chi connectivity index (χ1v) is 7.53. The van der Waals surface area contributed by atoms with E-state index in [0.717, 1.165) is 18.0 Å². The van der Waals surface area contributed by atoms with Gasteiger partial charge in [-0.25, -0.2) is 0 Å². The minimum Gasteiger partial charge on any atom is -0.497 e. The fourth-order valence-electron chi connectivity index (χ4n) is 1.66. The van der Waals surface area contributed by atoms with Gasteiger partial charge >= 0.3 is 0 Å². The van der Waals surface area contributed by atoms with Gasteiger partial charge in [-0.05, 0) is 43.0 Å². The van der Waals surface area contributed by atoms with Gasteiger partial charge in [0.15, 0.2) is 0 Å². The lowest BCUT2D eigenvalue weighted by molar-refractivity contribution is 0.392. The fraction of sp³-hybridized carbons (Fsp3) is 0.571. The van der Waals surface area contributed by atoms with E-state index in [2.05, 4.69) is 18.5 Å². The van der Waals surface area contributed by atoms with E-state index in [-0.39, 0.29) is 0 Å². The smallest absolute Gasteiger partial charge is 0.122 e. The largest absolute Gasteiger partial charge is 0.497 e. The van der Waals surface area contributed by atoms with Crippen LogP contribution in [-0.4, -0.2) is 32.3 Å². The second kappa shape index (κ2) is 8.27. The van der Waals surface area contributed by atoms with Crippen molar-refractivity contribution >= 4 is 11.8 Å². The molecule has 0 heterocycles. The number of nitrogens with one attached hydrogen (secondary N) is 1. The molecule has 1 unspecified atom stereocenters. The molecule has 0 radical (unpaired) electrons. The van der Waals surface area contributed by atoms with E-state index in [1.807, 2.05) is 30.0 Å². The molecule has 0 saturated heterocycles. The summed E-state index contributed by atoms with van der Waals surface area (Å²) in [4.78, 5) is 0. The van der Waals surface area contributed by atoms with Crippen LogP contribution in [-0.2, 0) is 6.54 Å². The first-order chi connectivity index (χ1) is 8.69. The molecule has 4 heteroatoms. The molecule has 1 aromatic rings. The topological polar surface area (TPSA) is 30.5 Å². The number of benzene rings is 1. The predicted molar refractivity (Wildman–Crippen MR) is 78.8 cm³/mol. The number of ether oxygens (including phenoxy) is 2. The molecule has 0 amide bonds. The predicted octanol–water partition coefficient (Wildman–Crippen LogP) is 2.94. The summed E-state index contributed by atoms with van der Waals surface area (Å²) in [5, 5.41) is 3.51. The van der Waals surface area contributed by atoms with E-state index in [4.69, 9.17) is 9.47 Å². The molecular formula is C14H23NO2S. The molecule has 0 bridgehead atoms. The van der Waals surface area contributed by atoms with Gasteiger partial charge in [-0.3, -0.25) is 0 Å². The van der Waals surface area contributed by atoms with Gasteiger partial charge in [-0.15, -0.1) is 0 Å². The summed E-state index contributed by atoms with van der Waals surface area (Å²) in [7, 11) is 3.35. The monoisotopic (exact) mass is 269 g/mol. The Kier molecular flexibility index (Phi) is 6.98. The Hall–Kier alpha value is -0.870. The standard InChI is InChI=1S/C14H23NO2S/c1-11(5-6-18-4)15-10-12-7-13(16-2)9-14(8-12)17-3/h7-9,11,15H,5-6,10H2,1-4H3. The summed E-state index contributed by atoms with van der Waals surface area (Å²) < 4.78 is 10.5. The Morgan fingerprint density at radius 3 is 2.28 bits per heavy atom. The van der Waals surface area contributed by atoms with Crippen molar-refractivity contribution in [3.8, 4) is 11.5 Å². The van der Waals surface area contributed by atoms with E-state index in [0.29, 0.717) is 6.04 Å². The van der Waals surface area contributed by atoms with Crippen LogP contribution >= 0.6 is 11.8 Å². The number of methoxy groups -OCH3 is 2. The maximum Gasteiger partial charge on any atom is 0.122 e. The van der Waals surface area contributed by atoms with Gasteiger partial charge < -0.3 is 14.8 Å². The van der Waals surface area contributed by atoms with Crippen LogP contribution in [0.25, 0.3) is 0 Å². The Morgan fingerprint density at radius 1 is 1.17 bits per heavy atom. The second-order valence-corrected chi connectivity index (χ2v) is 5.27. The molecule has 0 aliphatic carbocycles. The number of hydrogen-bond donors (Lipinski definition) is 1. The van der Waals surface area contributed by atoms with Crippen molar-refractivity contribution < 1.29 is 9.47 Å². The highest BCUT2D eigenvalue weighted by atomic mass is 32.2. The van der Waals surface area contributed by atoms with E-state index in [9.17, 15) is 0 Å². The molecule has 1 N–H and O–H groups in total. The second-order valence-electron chi connectivity index (χ2n) is 4.28. The van der Waals surface area contributed by atoms with Crippen molar-refractivity contribution in [2.24, 2.45) is 0 Å². The van der Waals surface area contributed by atoms with E-state index in [1.165, 1.54) is 17.7 Å². The third-order valence-electron chi connectivity index (χ3n) is 2.82. The molecule has 0 aliphatic heterocycles. The minimum absolute atomic E-state index is 0.523. The summed E-state index contributed by atoms with van der Waals surface area (Å²) in [5.41, 5.74) is 1.18. The highest BCUT2D eigenvalue weighted by Crippen LogP contribution is 2.22. The zero-order valence-electron chi connectivity index (χ0n) is 11.7. The van der Waals surface area contributed by atoms with E-state index in [1.54, 1.807) is 14.2 Å². The normalized spacial score (nSPS) is 12.2. The van der Waals surface area contributed by atoms with E-state index >= 15 is 0 Å². The molecule has 0 saturated carbocycles. The quantitative estimate of drug-likeness (QED) is 0.786. The number of hydrogen-bond acceptors (Lipinski definition) is 4. The highest BCUT2D eigenvalue weighted by molar-refractivity contribution is 7.98. The maximum absolute atomic E-state index is 5.26. The van der Waals surface area contributed by atoms with Gasteiger partial charge in [0.1, 0.15) is 11.5 Å². The molecular weight excluding hydrogens is 246 g/mol. The van der Waals surface area contributed by atoms with Crippen LogP contribution in [0.2, 0.25) is 0 Å². The molecule has 1 rings (SSSR count). The third-order valence-corrected chi connectivity index (χ3v) is 3.46. The molecule has 1 atom stereocenters. The first-order valence-electron chi connectivity index (χ1n) is 6.14. The van der Waals surface area contributed by atoms with Crippen molar-refractivity contribution in [1.29, 1.82) is 0 Å². The molecule has 102 valence electrons.